The van der Waals surface area contributed by atoms with E-state index in [0.717, 1.165) is 24.1 Å². The second-order valence-corrected chi connectivity index (χ2v) is 7.85. The lowest BCUT2D eigenvalue weighted by Gasteiger charge is -2.18. The van der Waals surface area contributed by atoms with Gasteiger partial charge in [0, 0.05) is 23.9 Å². The molecule has 0 aromatic carbocycles. The van der Waals surface area contributed by atoms with E-state index < -0.39 is 0 Å². The predicted molar refractivity (Wildman–Crippen MR) is 115 cm³/mol. The highest BCUT2D eigenvalue weighted by atomic mass is 16.2. The van der Waals surface area contributed by atoms with Crippen molar-refractivity contribution in [2.75, 3.05) is 34.2 Å². The number of carbonyl (C=O) groups excluding carboxylic acids is 3. The lowest BCUT2D eigenvalue weighted by molar-refractivity contribution is -0.116. The molecule has 0 spiro atoms. The van der Waals surface area contributed by atoms with E-state index >= 15 is 0 Å². The van der Waals surface area contributed by atoms with Gasteiger partial charge in [0.1, 0.15) is 0 Å². The van der Waals surface area contributed by atoms with Gasteiger partial charge in [-0.3, -0.25) is 19.4 Å². The Labute approximate surface area is 175 Å². The molecule has 0 saturated carbocycles. The van der Waals surface area contributed by atoms with Crippen LogP contribution in [-0.4, -0.2) is 62.8 Å². The zero-order chi connectivity index (χ0) is 21.4. The first-order valence-electron chi connectivity index (χ1n) is 9.97. The highest BCUT2D eigenvalue weighted by Gasteiger charge is 2.34. The van der Waals surface area contributed by atoms with Crippen LogP contribution in [0.1, 0.15) is 12.8 Å². The van der Waals surface area contributed by atoms with Crippen LogP contribution in [0.25, 0.3) is 0 Å². The molecule has 0 radical (unpaired) electrons. The van der Waals surface area contributed by atoms with Gasteiger partial charge in [0.15, 0.2) is 11.6 Å². The van der Waals surface area contributed by atoms with Gasteiger partial charge in [-0.1, -0.05) is 0 Å². The maximum absolute atomic E-state index is 12.9. The largest absolute Gasteiger partial charge is 0.322 e. The van der Waals surface area contributed by atoms with E-state index in [1.54, 1.807) is 25.4 Å². The Morgan fingerprint density at radius 2 is 1.83 bits per heavy atom. The number of nitrogens with one attached hydrogen (secondary N) is 2. The van der Waals surface area contributed by atoms with Gasteiger partial charge in [0.2, 0.25) is 0 Å². The molecule has 154 valence electrons. The maximum atomic E-state index is 12.9. The first kappa shape index (κ1) is 20.1. The standard InChI is InChI=1S/C23H24N4O3/c1-24-8-6-16-21-17(26-23(16)30)10-14(11-19(21)29)15-4-5-18(28)20-13(7-9-27(2)3)12-25-22(15)20/h4-5,10-12,24H,6-9H2,1-3H3,(H,26,30). The monoisotopic (exact) mass is 404 g/mol. The number of hydrogen-bond acceptors (Lipinski definition) is 6. The summed E-state index contributed by atoms with van der Waals surface area (Å²) in [6, 6.07) is 0. The molecule has 0 atom stereocenters. The summed E-state index contributed by atoms with van der Waals surface area (Å²) in [6.07, 6.45) is 9.52. The van der Waals surface area contributed by atoms with E-state index in [2.05, 4.69) is 20.5 Å². The first-order valence-corrected chi connectivity index (χ1v) is 9.97. The van der Waals surface area contributed by atoms with E-state index in [4.69, 9.17) is 0 Å². The summed E-state index contributed by atoms with van der Waals surface area (Å²) in [5.41, 5.74) is 4.95. The van der Waals surface area contributed by atoms with Crippen LogP contribution < -0.4 is 10.6 Å². The second-order valence-electron chi connectivity index (χ2n) is 7.85. The number of amides is 1. The minimum absolute atomic E-state index is 0.0699. The number of allylic oxidation sites excluding steroid dienone is 8. The van der Waals surface area contributed by atoms with Crippen molar-refractivity contribution in [3.05, 3.63) is 69.1 Å². The smallest absolute Gasteiger partial charge is 0.252 e. The summed E-state index contributed by atoms with van der Waals surface area (Å²) in [5.74, 6) is -0.503. The van der Waals surface area contributed by atoms with E-state index in [-0.39, 0.29) is 17.5 Å². The zero-order valence-corrected chi connectivity index (χ0v) is 17.3. The molecule has 2 aliphatic carbocycles. The number of rotatable bonds is 7. The van der Waals surface area contributed by atoms with E-state index in [1.165, 1.54) is 12.2 Å². The molecule has 0 unspecified atom stereocenters. The Kier molecular flexibility index (Phi) is 5.32. The summed E-state index contributed by atoms with van der Waals surface area (Å²) in [7, 11) is 5.78. The molecule has 0 fully saturated rings. The number of nitrogens with zero attached hydrogens (tertiary/aromatic N) is 2. The van der Waals surface area contributed by atoms with E-state index in [0.29, 0.717) is 46.7 Å². The van der Waals surface area contributed by atoms with Crippen LogP contribution in [0, 0.1) is 0 Å². The van der Waals surface area contributed by atoms with Gasteiger partial charge in [-0.15, -0.1) is 0 Å². The minimum atomic E-state index is -0.230. The number of ketones is 2. The fraction of sp³-hybridized carbons (Fsp3) is 0.304. The van der Waals surface area contributed by atoms with Gasteiger partial charge < -0.3 is 15.5 Å². The predicted octanol–water partition coefficient (Wildman–Crippen LogP) is 1.14. The van der Waals surface area contributed by atoms with Crippen molar-refractivity contribution in [2.45, 2.75) is 12.8 Å². The molecule has 0 saturated heterocycles. The van der Waals surface area contributed by atoms with Crippen molar-refractivity contribution in [3.8, 4) is 0 Å². The molecule has 4 rings (SSSR count). The second kappa shape index (κ2) is 7.93. The normalized spacial score (nSPS) is 20.3. The number of fused-ring (bicyclic) bond motifs is 2. The Hall–Kier alpha value is -3.16. The highest BCUT2D eigenvalue weighted by molar-refractivity contribution is 6.20. The fourth-order valence-corrected chi connectivity index (χ4v) is 3.97. The van der Waals surface area contributed by atoms with Crippen LogP contribution in [0.5, 0.6) is 0 Å². The lowest BCUT2D eigenvalue weighted by Crippen LogP contribution is -2.19. The average molecular weight is 404 g/mol. The van der Waals surface area contributed by atoms with Crippen LogP contribution in [0.3, 0.4) is 0 Å². The van der Waals surface area contributed by atoms with Crippen LogP contribution in [0.15, 0.2) is 74.1 Å². The molecule has 2 heterocycles. The average Bonchev–Trinajstić information content (AvgIpc) is 3.26. The molecule has 7 heteroatoms. The summed E-state index contributed by atoms with van der Waals surface area (Å²) in [4.78, 5) is 44.4. The van der Waals surface area contributed by atoms with Gasteiger partial charge in [0.05, 0.1) is 22.5 Å². The van der Waals surface area contributed by atoms with Gasteiger partial charge in [0.25, 0.3) is 5.91 Å². The van der Waals surface area contributed by atoms with E-state index in [1.807, 2.05) is 14.1 Å². The van der Waals surface area contributed by atoms with Crippen LogP contribution >= 0.6 is 0 Å². The molecule has 7 nitrogen and oxygen atoms in total. The van der Waals surface area contributed by atoms with E-state index in [9.17, 15) is 14.4 Å². The Morgan fingerprint density at radius 1 is 1.03 bits per heavy atom. The molecule has 0 aromatic rings. The van der Waals surface area contributed by atoms with Crippen LogP contribution in [0.2, 0.25) is 0 Å². The topological polar surface area (TPSA) is 90.9 Å². The van der Waals surface area contributed by atoms with Crippen LogP contribution in [-0.2, 0) is 14.4 Å². The van der Waals surface area contributed by atoms with Crippen molar-refractivity contribution in [1.82, 2.24) is 15.5 Å². The molecule has 0 bridgehead atoms. The Balaban J connectivity index is 1.72. The molecule has 4 aliphatic rings. The Morgan fingerprint density at radius 3 is 2.57 bits per heavy atom. The van der Waals surface area contributed by atoms with Crippen molar-refractivity contribution >= 4 is 23.7 Å². The summed E-state index contributed by atoms with van der Waals surface area (Å²) in [6.45, 7) is 1.42. The zero-order valence-electron chi connectivity index (χ0n) is 17.3. The van der Waals surface area contributed by atoms with Gasteiger partial charge >= 0.3 is 0 Å². The van der Waals surface area contributed by atoms with Gasteiger partial charge in [-0.05, 0) is 76.0 Å². The summed E-state index contributed by atoms with van der Waals surface area (Å²) < 4.78 is 0. The number of carbonyl (C=O) groups is 3. The summed E-state index contributed by atoms with van der Waals surface area (Å²) >= 11 is 0. The molecule has 1 amide bonds. The number of aliphatic imine (C=N–C) groups is 1. The highest BCUT2D eigenvalue weighted by Crippen LogP contribution is 2.38. The molecule has 2 N–H and O–H groups in total. The van der Waals surface area contributed by atoms with Gasteiger partial charge in [-0.2, -0.15) is 0 Å². The molecular weight excluding hydrogens is 380 g/mol. The van der Waals surface area contributed by atoms with Crippen molar-refractivity contribution in [2.24, 2.45) is 4.99 Å². The van der Waals surface area contributed by atoms with Crippen molar-refractivity contribution < 1.29 is 14.4 Å². The molecule has 30 heavy (non-hydrogen) atoms. The summed E-state index contributed by atoms with van der Waals surface area (Å²) in [5, 5.41) is 5.82. The lowest BCUT2D eigenvalue weighted by atomic mass is 9.86. The van der Waals surface area contributed by atoms with Gasteiger partial charge in [-0.25, -0.2) is 0 Å². The third-order valence-electron chi connectivity index (χ3n) is 5.50. The maximum Gasteiger partial charge on any atom is 0.252 e. The third kappa shape index (κ3) is 3.46. The Bertz CT molecular complexity index is 1080. The SMILES string of the molecule is CNCCC1=C2C(=O)C=C(C3=C4N=CC(CCN(C)C)=C4C(=O)C=C3)C=C2NC1=O. The third-order valence-corrected chi connectivity index (χ3v) is 5.50. The quantitative estimate of drug-likeness (QED) is 0.664. The number of hydrogen-bond donors (Lipinski definition) is 2. The minimum Gasteiger partial charge on any atom is -0.322 e. The molecular formula is C23H24N4O3. The fourth-order valence-electron chi connectivity index (χ4n) is 3.97. The molecule has 0 aromatic heterocycles. The first-order chi connectivity index (χ1) is 14.4. The van der Waals surface area contributed by atoms with Crippen LogP contribution in [0.4, 0.5) is 0 Å². The van der Waals surface area contributed by atoms with Crippen molar-refractivity contribution in [3.63, 3.8) is 0 Å². The van der Waals surface area contributed by atoms with Crippen molar-refractivity contribution in [1.29, 1.82) is 0 Å². The molecule has 2 aliphatic heterocycles.